The van der Waals surface area contributed by atoms with Crippen LogP contribution in [0.5, 0.6) is 0 Å². The Kier molecular flexibility index (Phi) is 3.86. The Balaban J connectivity index is 0.000001000. The maximum Gasteiger partial charge on any atom is 0.326 e. The molecule has 3 N–H and O–H groups in total. The summed E-state index contributed by atoms with van der Waals surface area (Å²) in [6, 6.07) is 4.37. The molecule has 2 aromatic rings. The highest BCUT2D eigenvalue weighted by atomic mass is 32.2. The van der Waals surface area contributed by atoms with Crippen LogP contribution in [0.2, 0.25) is 0 Å². The maximum absolute atomic E-state index is 13.1. The zero-order valence-corrected chi connectivity index (χ0v) is 11.0. The van der Waals surface area contributed by atoms with Gasteiger partial charge in [0.25, 0.3) is 0 Å². The summed E-state index contributed by atoms with van der Waals surface area (Å²) in [7, 11) is -0.752. The molecule has 1 aromatic carbocycles. The van der Waals surface area contributed by atoms with Crippen LogP contribution >= 0.6 is 0 Å². The molecule has 2 heterocycles. The maximum atomic E-state index is 13.1. The van der Waals surface area contributed by atoms with Gasteiger partial charge in [0.1, 0.15) is 5.82 Å². The molecule has 0 unspecified atom stereocenters. The van der Waals surface area contributed by atoms with E-state index < -0.39 is 10.8 Å². The van der Waals surface area contributed by atoms with Crippen LogP contribution in [0, 0.1) is 5.82 Å². The van der Waals surface area contributed by atoms with E-state index in [9.17, 15) is 13.4 Å². The van der Waals surface area contributed by atoms with Gasteiger partial charge in [0.15, 0.2) is 0 Å². The van der Waals surface area contributed by atoms with Gasteiger partial charge in [0.05, 0.1) is 11.0 Å². The molecule has 0 amide bonds. The molecule has 1 fully saturated rings. The van der Waals surface area contributed by atoms with Gasteiger partial charge in [-0.3, -0.25) is 8.78 Å². The van der Waals surface area contributed by atoms with Crippen molar-refractivity contribution < 1.29 is 15.5 Å². The van der Waals surface area contributed by atoms with Gasteiger partial charge in [0.2, 0.25) is 0 Å². The summed E-state index contributed by atoms with van der Waals surface area (Å²) in [6.45, 7) is 0. The minimum atomic E-state index is -0.752. The molecular weight excluding hydrogens is 271 g/mol. The lowest BCUT2D eigenvalue weighted by molar-refractivity contribution is 0.462. The first kappa shape index (κ1) is 14.0. The van der Waals surface area contributed by atoms with Crippen LogP contribution in [0.1, 0.15) is 20.3 Å². The highest BCUT2D eigenvalue weighted by Gasteiger charge is 2.22. The Hall–Kier alpha value is -1.47. The highest BCUT2D eigenvalue weighted by molar-refractivity contribution is 7.85. The number of fused-ring (bicyclic) bond motifs is 1. The van der Waals surface area contributed by atoms with E-state index in [0.717, 1.165) is 18.4 Å². The second kappa shape index (κ2) is 5.26. The van der Waals surface area contributed by atoms with E-state index in [0.29, 0.717) is 17.0 Å². The third-order valence-electron chi connectivity index (χ3n) is 3.40. The number of H-pyrrole nitrogens is 1. The van der Waals surface area contributed by atoms with Gasteiger partial charge in [-0.25, -0.2) is 9.18 Å². The number of rotatable bonds is 1. The smallest absolute Gasteiger partial charge is 0.326 e. The fraction of sp³-hybridized carbons (Fsp3) is 0.417. The van der Waals surface area contributed by atoms with E-state index in [1.54, 1.807) is 10.6 Å². The fourth-order valence-electron chi connectivity index (χ4n) is 2.51. The predicted molar refractivity (Wildman–Crippen MR) is 74.4 cm³/mol. The molecule has 5 nitrogen and oxygen atoms in total. The fourth-order valence-corrected chi connectivity index (χ4v) is 3.78. The van der Waals surface area contributed by atoms with E-state index in [2.05, 4.69) is 4.98 Å². The highest BCUT2D eigenvalue weighted by Crippen LogP contribution is 2.24. The second-order valence-corrected chi connectivity index (χ2v) is 6.24. The normalized spacial score (nSPS) is 23.2. The van der Waals surface area contributed by atoms with Gasteiger partial charge >= 0.3 is 5.69 Å². The van der Waals surface area contributed by atoms with Crippen LogP contribution < -0.4 is 5.69 Å². The standard InChI is InChI=1S/C12H13FN2O2S.H2O.H2/c13-8-1-2-11-10(7-8)14-12(16)15(11)9-3-5-18(17)6-4-9;;/h1-2,7,9H,3-6H2,(H,14,16);1H2;1H. The largest absolute Gasteiger partial charge is 0.412 e. The van der Waals surface area contributed by atoms with Crippen molar-refractivity contribution in [3.05, 3.63) is 34.5 Å². The van der Waals surface area contributed by atoms with Crippen LogP contribution in [-0.4, -0.2) is 30.7 Å². The number of aromatic nitrogens is 2. The van der Waals surface area contributed by atoms with Crippen molar-refractivity contribution in [2.45, 2.75) is 18.9 Å². The second-order valence-electron chi connectivity index (χ2n) is 4.54. The van der Waals surface area contributed by atoms with Crippen molar-refractivity contribution >= 4 is 21.8 Å². The first-order valence-electron chi connectivity index (χ1n) is 5.90. The van der Waals surface area contributed by atoms with Crippen LogP contribution in [0.4, 0.5) is 4.39 Å². The summed E-state index contributed by atoms with van der Waals surface area (Å²) in [5.41, 5.74) is 1.03. The lowest BCUT2D eigenvalue weighted by Gasteiger charge is -2.22. The number of hydrogen-bond acceptors (Lipinski definition) is 2. The van der Waals surface area contributed by atoms with E-state index >= 15 is 0 Å². The summed E-state index contributed by atoms with van der Waals surface area (Å²) in [4.78, 5) is 14.6. The monoisotopic (exact) mass is 288 g/mol. The SMILES string of the molecule is O.O=c1[nH]c2cc(F)ccc2n1C1CCS(=O)CC1.[HH]. The molecule has 106 valence electrons. The number of benzene rings is 1. The molecule has 1 aromatic heterocycles. The molecule has 1 aliphatic heterocycles. The average Bonchev–Trinajstić information content (AvgIpc) is 2.65. The zero-order chi connectivity index (χ0) is 12.7. The molecule has 0 atom stereocenters. The van der Waals surface area contributed by atoms with Crippen LogP contribution in [-0.2, 0) is 10.8 Å². The Bertz CT molecular complexity index is 675. The van der Waals surface area contributed by atoms with Gasteiger partial charge in [0, 0.05) is 29.8 Å². The zero-order valence-electron chi connectivity index (χ0n) is 10.2. The third kappa shape index (κ3) is 2.48. The van der Waals surface area contributed by atoms with Crippen molar-refractivity contribution in [1.29, 1.82) is 0 Å². The molecule has 19 heavy (non-hydrogen) atoms. The lowest BCUT2D eigenvalue weighted by Crippen LogP contribution is -2.28. The molecule has 0 aliphatic carbocycles. The Morgan fingerprint density at radius 3 is 2.74 bits per heavy atom. The Morgan fingerprint density at radius 2 is 2.05 bits per heavy atom. The molecule has 0 bridgehead atoms. The van der Waals surface area contributed by atoms with Crippen molar-refractivity contribution in [3.63, 3.8) is 0 Å². The molecule has 0 spiro atoms. The molecular formula is C12H17FN2O3S. The molecule has 0 saturated carbocycles. The quantitative estimate of drug-likeness (QED) is 0.847. The van der Waals surface area contributed by atoms with Gasteiger partial charge in [-0.05, 0) is 31.0 Å². The lowest BCUT2D eigenvalue weighted by atomic mass is 10.1. The summed E-state index contributed by atoms with van der Waals surface area (Å²) < 4.78 is 26.1. The van der Waals surface area contributed by atoms with Gasteiger partial charge in [-0.2, -0.15) is 0 Å². The van der Waals surface area contributed by atoms with Gasteiger partial charge < -0.3 is 10.5 Å². The number of halogens is 1. The summed E-state index contributed by atoms with van der Waals surface area (Å²) in [5, 5.41) is 0. The number of hydrogen-bond donors (Lipinski definition) is 1. The van der Waals surface area contributed by atoms with E-state index in [1.165, 1.54) is 12.1 Å². The number of nitrogens with one attached hydrogen (secondary N) is 1. The first-order valence-corrected chi connectivity index (χ1v) is 7.39. The summed E-state index contributed by atoms with van der Waals surface area (Å²) in [6.07, 6.45) is 1.47. The van der Waals surface area contributed by atoms with E-state index in [-0.39, 0.29) is 24.5 Å². The first-order chi connectivity index (χ1) is 8.65. The minimum Gasteiger partial charge on any atom is -0.412 e. The average molecular weight is 288 g/mol. The van der Waals surface area contributed by atoms with Crippen molar-refractivity contribution in [1.82, 2.24) is 9.55 Å². The van der Waals surface area contributed by atoms with Gasteiger partial charge in [-0.1, -0.05) is 0 Å². The third-order valence-corrected chi connectivity index (χ3v) is 4.78. The summed E-state index contributed by atoms with van der Waals surface area (Å²) in [5.74, 6) is 0.899. The minimum absolute atomic E-state index is 0. The number of nitrogens with zero attached hydrogens (tertiary/aromatic N) is 1. The van der Waals surface area contributed by atoms with Crippen LogP contribution in [0.25, 0.3) is 11.0 Å². The van der Waals surface area contributed by atoms with Crippen LogP contribution in [0.3, 0.4) is 0 Å². The topological polar surface area (TPSA) is 86.4 Å². The van der Waals surface area contributed by atoms with Crippen LogP contribution in [0.15, 0.2) is 23.0 Å². The Morgan fingerprint density at radius 1 is 1.37 bits per heavy atom. The van der Waals surface area contributed by atoms with Crippen molar-refractivity contribution in [2.75, 3.05) is 11.5 Å². The predicted octanol–water partition coefficient (Wildman–Crippen LogP) is 0.974. The van der Waals surface area contributed by atoms with Gasteiger partial charge in [-0.15, -0.1) is 0 Å². The molecule has 3 rings (SSSR count). The Labute approximate surface area is 112 Å². The number of imidazole rings is 1. The van der Waals surface area contributed by atoms with E-state index in [4.69, 9.17) is 0 Å². The molecule has 7 heteroatoms. The number of aromatic amines is 1. The molecule has 0 radical (unpaired) electrons. The van der Waals surface area contributed by atoms with E-state index in [1.807, 2.05) is 0 Å². The molecule has 1 saturated heterocycles. The van der Waals surface area contributed by atoms with Crippen molar-refractivity contribution in [2.24, 2.45) is 0 Å². The van der Waals surface area contributed by atoms with Crippen molar-refractivity contribution in [3.8, 4) is 0 Å². The molecule has 1 aliphatic rings. The summed E-state index contributed by atoms with van der Waals surface area (Å²) >= 11 is 0.